The molecule has 0 radical (unpaired) electrons. The summed E-state index contributed by atoms with van der Waals surface area (Å²) in [4.78, 5) is 16.9. The van der Waals surface area contributed by atoms with E-state index in [9.17, 15) is 4.79 Å². The highest BCUT2D eigenvalue weighted by Crippen LogP contribution is 2.19. The number of rotatable bonds is 1. The Morgan fingerprint density at radius 2 is 2.06 bits per heavy atom. The van der Waals surface area contributed by atoms with Gasteiger partial charge in [0.2, 0.25) is 0 Å². The average Bonchev–Trinajstić information content (AvgIpc) is 2.30. The minimum Gasteiger partial charge on any atom is -0.411 e. The van der Waals surface area contributed by atoms with Crippen LogP contribution in [0.1, 0.15) is 12.0 Å². The lowest BCUT2D eigenvalue weighted by molar-refractivity contribution is -0.125. The van der Waals surface area contributed by atoms with Gasteiger partial charge in [0.25, 0.3) is 5.91 Å². The molecule has 1 amide bonds. The molecule has 0 spiro atoms. The molecule has 0 bridgehead atoms. The number of hydrogen-bond donors (Lipinski definition) is 1. The second-order valence-electron chi connectivity index (χ2n) is 3.64. The summed E-state index contributed by atoms with van der Waals surface area (Å²) in [7, 11) is 0. The number of nitrogens with zero attached hydrogens (tertiary/aromatic N) is 2. The minimum atomic E-state index is -0.233. The van der Waals surface area contributed by atoms with E-state index in [-0.39, 0.29) is 18.9 Å². The van der Waals surface area contributed by atoms with Crippen molar-refractivity contribution in [2.75, 3.05) is 11.7 Å². The minimum absolute atomic E-state index is 0.0877. The quantitative estimate of drug-likeness (QED) is 0.576. The van der Waals surface area contributed by atoms with Gasteiger partial charge in [-0.25, -0.2) is 0 Å². The number of carbonyl (C=O) groups excluding carboxylic acids is 1. The molecule has 5 heteroatoms. The van der Waals surface area contributed by atoms with Gasteiger partial charge >= 0.3 is 0 Å². The first-order valence-corrected chi connectivity index (χ1v) is 4.93. The molecular weight excluding hydrogens is 208 g/mol. The Bertz CT molecular complexity index is 425. The van der Waals surface area contributed by atoms with Crippen molar-refractivity contribution >= 4 is 17.3 Å². The third kappa shape index (κ3) is 2.04. The molecule has 1 saturated heterocycles. The maximum absolute atomic E-state index is 11.7. The molecule has 1 aliphatic heterocycles. The normalized spacial score (nSPS) is 19.2. The summed E-state index contributed by atoms with van der Waals surface area (Å²) in [5.41, 5.74) is 2.15. The molecule has 1 aromatic rings. The predicted molar refractivity (Wildman–Crippen MR) is 58.5 cm³/mol. The molecule has 16 heavy (non-hydrogen) atoms. The maximum atomic E-state index is 11.7. The molecule has 5 nitrogen and oxygen atoms in total. The van der Waals surface area contributed by atoms with Crippen LogP contribution in [0, 0.1) is 6.92 Å². The third-order valence-corrected chi connectivity index (χ3v) is 2.35. The molecule has 2 rings (SSSR count). The fraction of sp³-hybridized carbons (Fsp3) is 0.273. The van der Waals surface area contributed by atoms with E-state index < -0.39 is 0 Å². The Labute approximate surface area is 92.9 Å². The van der Waals surface area contributed by atoms with Crippen molar-refractivity contribution in [3.05, 3.63) is 29.8 Å². The standard InChI is InChI=1S/C11H12N2O3/c1-8-2-4-10(5-3-8)13-11(14)6-9(12-15)7-16-13/h2-5,15H,6-7H2,1H3/b12-9-. The van der Waals surface area contributed by atoms with Gasteiger partial charge in [0, 0.05) is 0 Å². The maximum Gasteiger partial charge on any atom is 0.256 e. The SMILES string of the molecule is Cc1ccc(N2OC/C(=N\O)CC2=O)cc1. The number of anilines is 1. The van der Waals surface area contributed by atoms with Crippen molar-refractivity contribution in [3.8, 4) is 0 Å². The predicted octanol–water partition coefficient (Wildman–Crippen LogP) is 1.49. The van der Waals surface area contributed by atoms with Crippen LogP contribution in [0.2, 0.25) is 0 Å². The van der Waals surface area contributed by atoms with Crippen LogP contribution in [0.5, 0.6) is 0 Å². The molecule has 0 saturated carbocycles. The lowest BCUT2D eigenvalue weighted by Crippen LogP contribution is -2.40. The zero-order chi connectivity index (χ0) is 11.5. The fourth-order valence-corrected chi connectivity index (χ4v) is 1.47. The molecule has 1 N–H and O–H groups in total. The van der Waals surface area contributed by atoms with Gasteiger partial charge in [0.1, 0.15) is 6.61 Å². The van der Waals surface area contributed by atoms with E-state index in [1.54, 1.807) is 0 Å². The third-order valence-electron chi connectivity index (χ3n) is 2.35. The van der Waals surface area contributed by atoms with E-state index >= 15 is 0 Å². The van der Waals surface area contributed by atoms with Crippen LogP contribution in [-0.4, -0.2) is 23.4 Å². The van der Waals surface area contributed by atoms with Crippen LogP contribution in [-0.2, 0) is 9.63 Å². The Morgan fingerprint density at radius 1 is 1.38 bits per heavy atom. The number of hydroxylamine groups is 1. The van der Waals surface area contributed by atoms with E-state index in [0.29, 0.717) is 11.4 Å². The van der Waals surface area contributed by atoms with Crippen LogP contribution in [0.25, 0.3) is 0 Å². The number of oxime groups is 1. The first-order valence-electron chi connectivity index (χ1n) is 4.93. The van der Waals surface area contributed by atoms with Crippen LogP contribution < -0.4 is 5.06 Å². The van der Waals surface area contributed by atoms with Gasteiger partial charge in [-0.2, -0.15) is 5.06 Å². The fourth-order valence-electron chi connectivity index (χ4n) is 1.47. The van der Waals surface area contributed by atoms with Crippen LogP contribution in [0.3, 0.4) is 0 Å². The van der Waals surface area contributed by atoms with E-state index in [1.165, 1.54) is 5.06 Å². The van der Waals surface area contributed by atoms with Crippen LogP contribution in [0.4, 0.5) is 5.69 Å². The van der Waals surface area contributed by atoms with Crippen molar-refractivity contribution in [1.29, 1.82) is 0 Å². The van der Waals surface area contributed by atoms with Crippen molar-refractivity contribution < 1.29 is 14.8 Å². The van der Waals surface area contributed by atoms with Gasteiger partial charge in [-0.1, -0.05) is 22.9 Å². The molecule has 0 aliphatic carbocycles. The van der Waals surface area contributed by atoms with Crippen LogP contribution in [0.15, 0.2) is 29.4 Å². The van der Waals surface area contributed by atoms with E-state index in [0.717, 1.165) is 5.56 Å². The number of amides is 1. The summed E-state index contributed by atoms with van der Waals surface area (Å²) in [6.07, 6.45) is 0.0877. The molecule has 1 aliphatic rings. The molecule has 1 aromatic carbocycles. The first-order chi connectivity index (χ1) is 7.70. The highest BCUT2D eigenvalue weighted by atomic mass is 16.7. The van der Waals surface area contributed by atoms with Gasteiger partial charge in [-0.15, -0.1) is 0 Å². The number of aryl methyl sites for hydroxylation is 1. The summed E-state index contributed by atoms with van der Waals surface area (Å²) in [5.74, 6) is -0.233. The molecule has 0 unspecified atom stereocenters. The molecule has 84 valence electrons. The Kier molecular flexibility index (Phi) is 2.87. The summed E-state index contributed by atoms with van der Waals surface area (Å²) >= 11 is 0. The summed E-state index contributed by atoms with van der Waals surface area (Å²) in [5, 5.41) is 12.8. The van der Waals surface area contributed by atoms with Gasteiger partial charge in [-0.3, -0.25) is 9.63 Å². The van der Waals surface area contributed by atoms with Crippen LogP contribution >= 0.6 is 0 Å². The Morgan fingerprint density at radius 3 is 2.62 bits per heavy atom. The average molecular weight is 220 g/mol. The zero-order valence-corrected chi connectivity index (χ0v) is 8.88. The number of benzene rings is 1. The second kappa shape index (κ2) is 4.32. The summed E-state index contributed by atoms with van der Waals surface area (Å²) in [6, 6.07) is 7.44. The van der Waals surface area contributed by atoms with Crippen molar-refractivity contribution in [2.24, 2.45) is 5.16 Å². The summed E-state index contributed by atoms with van der Waals surface area (Å²) < 4.78 is 0. The van der Waals surface area contributed by atoms with E-state index in [4.69, 9.17) is 10.0 Å². The van der Waals surface area contributed by atoms with Gasteiger partial charge < -0.3 is 5.21 Å². The molecule has 0 aromatic heterocycles. The monoisotopic (exact) mass is 220 g/mol. The molecule has 0 atom stereocenters. The van der Waals surface area contributed by atoms with Gasteiger partial charge in [0.15, 0.2) is 0 Å². The van der Waals surface area contributed by atoms with Gasteiger partial charge in [-0.05, 0) is 19.1 Å². The first kappa shape index (κ1) is 10.6. The van der Waals surface area contributed by atoms with Crippen molar-refractivity contribution in [3.63, 3.8) is 0 Å². The Balaban J connectivity index is 2.17. The lowest BCUT2D eigenvalue weighted by Gasteiger charge is -2.26. The second-order valence-corrected chi connectivity index (χ2v) is 3.64. The lowest BCUT2D eigenvalue weighted by atomic mass is 10.2. The highest BCUT2D eigenvalue weighted by molar-refractivity contribution is 6.08. The van der Waals surface area contributed by atoms with Gasteiger partial charge in [0.05, 0.1) is 17.8 Å². The largest absolute Gasteiger partial charge is 0.411 e. The highest BCUT2D eigenvalue weighted by Gasteiger charge is 2.25. The number of carbonyl (C=O) groups is 1. The van der Waals surface area contributed by atoms with Crippen molar-refractivity contribution in [1.82, 2.24) is 0 Å². The van der Waals surface area contributed by atoms with Crippen molar-refractivity contribution in [2.45, 2.75) is 13.3 Å². The molecule has 1 heterocycles. The van der Waals surface area contributed by atoms with E-state index in [2.05, 4.69) is 5.16 Å². The Hall–Kier alpha value is -1.88. The molecular formula is C11H12N2O3. The topological polar surface area (TPSA) is 62.1 Å². The summed E-state index contributed by atoms with van der Waals surface area (Å²) in [6.45, 7) is 2.11. The smallest absolute Gasteiger partial charge is 0.256 e. The molecule has 1 fully saturated rings. The van der Waals surface area contributed by atoms with E-state index in [1.807, 2.05) is 31.2 Å². The zero-order valence-electron chi connectivity index (χ0n) is 8.88. The number of hydrogen-bond acceptors (Lipinski definition) is 4.